The summed E-state index contributed by atoms with van der Waals surface area (Å²) in [5.41, 5.74) is 3.32. The predicted octanol–water partition coefficient (Wildman–Crippen LogP) is 4.74. The molecule has 0 spiro atoms. The Bertz CT molecular complexity index is 1160. The van der Waals surface area contributed by atoms with Gasteiger partial charge in [0.15, 0.2) is 0 Å². The monoisotopic (exact) mass is 388 g/mol. The second-order valence-electron chi connectivity index (χ2n) is 6.79. The average molecular weight is 388 g/mol. The van der Waals surface area contributed by atoms with Gasteiger partial charge in [0, 0.05) is 12.1 Å². The van der Waals surface area contributed by atoms with Crippen molar-refractivity contribution in [1.82, 2.24) is 9.88 Å². The van der Waals surface area contributed by atoms with E-state index in [0.717, 1.165) is 22.0 Å². The van der Waals surface area contributed by atoms with Gasteiger partial charge in [-0.15, -0.1) is 11.3 Å². The smallest absolute Gasteiger partial charge is 0.264 e. The van der Waals surface area contributed by atoms with Gasteiger partial charge in [-0.3, -0.25) is 9.59 Å². The van der Waals surface area contributed by atoms with E-state index in [1.54, 1.807) is 4.90 Å². The second kappa shape index (κ2) is 7.82. The highest BCUT2D eigenvalue weighted by atomic mass is 32.1. The summed E-state index contributed by atoms with van der Waals surface area (Å²) < 4.78 is 0. The van der Waals surface area contributed by atoms with Crippen LogP contribution >= 0.6 is 11.3 Å². The van der Waals surface area contributed by atoms with E-state index in [4.69, 9.17) is 0 Å². The van der Waals surface area contributed by atoms with Crippen LogP contribution in [-0.4, -0.2) is 15.8 Å². The maximum Gasteiger partial charge on any atom is 0.264 e. The van der Waals surface area contributed by atoms with Gasteiger partial charge in [-0.1, -0.05) is 54.6 Å². The third-order valence-corrected chi connectivity index (χ3v) is 5.62. The van der Waals surface area contributed by atoms with Crippen LogP contribution in [0, 0.1) is 6.92 Å². The number of carbonyl (C=O) groups is 1. The molecule has 0 aliphatic rings. The third-order valence-electron chi connectivity index (χ3n) is 4.76. The number of amides is 1. The Kier molecular flexibility index (Phi) is 5.08. The molecule has 0 saturated heterocycles. The summed E-state index contributed by atoms with van der Waals surface area (Å²) in [7, 11) is 0. The summed E-state index contributed by atoms with van der Waals surface area (Å²) in [6.07, 6.45) is 0. The molecule has 0 aliphatic carbocycles. The molecule has 2 aromatic heterocycles. The Morgan fingerprint density at radius 2 is 1.82 bits per heavy atom. The number of benzene rings is 2. The SMILES string of the molecule is Cc1cccc2cc(CN(Cc3ccccc3)C(=O)c3cccs3)c(=O)[nH]c12. The number of rotatable bonds is 5. The molecule has 140 valence electrons. The first-order valence-electron chi connectivity index (χ1n) is 9.10. The zero-order chi connectivity index (χ0) is 19.5. The molecule has 4 aromatic rings. The Labute approximate surface area is 167 Å². The van der Waals surface area contributed by atoms with Crippen LogP contribution in [-0.2, 0) is 13.1 Å². The standard InChI is InChI=1S/C23H20N2O2S/c1-16-7-5-10-18-13-19(22(26)24-21(16)18)15-25(14-17-8-3-2-4-9-17)23(27)20-11-6-12-28-20/h2-13H,14-15H2,1H3,(H,24,26). The van der Waals surface area contributed by atoms with E-state index in [-0.39, 0.29) is 18.0 Å². The van der Waals surface area contributed by atoms with Crippen LogP contribution < -0.4 is 5.56 Å². The molecule has 0 aliphatic heterocycles. The quantitative estimate of drug-likeness (QED) is 0.537. The minimum atomic E-state index is -0.154. The fraction of sp³-hybridized carbons (Fsp3) is 0.130. The summed E-state index contributed by atoms with van der Waals surface area (Å²) in [4.78, 5) is 31.1. The van der Waals surface area contributed by atoms with E-state index in [1.165, 1.54) is 11.3 Å². The molecule has 2 heterocycles. The minimum Gasteiger partial charge on any atom is -0.329 e. The van der Waals surface area contributed by atoms with Crippen molar-refractivity contribution in [1.29, 1.82) is 0 Å². The number of fused-ring (bicyclic) bond motifs is 1. The highest BCUT2D eigenvalue weighted by molar-refractivity contribution is 7.12. The summed E-state index contributed by atoms with van der Waals surface area (Å²) >= 11 is 1.41. The largest absolute Gasteiger partial charge is 0.329 e. The molecule has 0 bridgehead atoms. The van der Waals surface area contributed by atoms with Crippen molar-refractivity contribution in [2.45, 2.75) is 20.0 Å². The normalized spacial score (nSPS) is 10.9. The van der Waals surface area contributed by atoms with Crippen molar-refractivity contribution in [3.8, 4) is 0 Å². The van der Waals surface area contributed by atoms with Crippen molar-refractivity contribution in [3.63, 3.8) is 0 Å². The molecule has 5 heteroatoms. The lowest BCUT2D eigenvalue weighted by Gasteiger charge is -2.22. The van der Waals surface area contributed by atoms with Gasteiger partial charge in [-0.2, -0.15) is 0 Å². The summed E-state index contributed by atoms with van der Waals surface area (Å²) in [5, 5.41) is 2.86. The van der Waals surface area contributed by atoms with Gasteiger partial charge in [0.1, 0.15) is 0 Å². The van der Waals surface area contributed by atoms with E-state index in [2.05, 4.69) is 4.98 Å². The Balaban J connectivity index is 1.71. The molecular formula is C23H20N2O2S. The van der Waals surface area contributed by atoms with Gasteiger partial charge in [0.2, 0.25) is 0 Å². The van der Waals surface area contributed by atoms with Gasteiger partial charge in [0.25, 0.3) is 11.5 Å². The molecular weight excluding hydrogens is 368 g/mol. The first kappa shape index (κ1) is 18.2. The molecule has 1 amide bonds. The molecule has 2 aromatic carbocycles. The zero-order valence-corrected chi connectivity index (χ0v) is 16.3. The van der Waals surface area contributed by atoms with Gasteiger partial charge in [0.05, 0.1) is 16.9 Å². The van der Waals surface area contributed by atoms with Gasteiger partial charge < -0.3 is 9.88 Å². The highest BCUT2D eigenvalue weighted by Gasteiger charge is 2.19. The van der Waals surface area contributed by atoms with E-state index >= 15 is 0 Å². The number of aromatic amines is 1. The Morgan fingerprint density at radius 1 is 1.00 bits per heavy atom. The fourth-order valence-corrected chi connectivity index (χ4v) is 4.00. The van der Waals surface area contributed by atoms with Crippen molar-refractivity contribution in [2.24, 2.45) is 0 Å². The number of pyridine rings is 1. The lowest BCUT2D eigenvalue weighted by atomic mass is 10.1. The van der Waals surface area contributed by atoms with Crippen LogP contribution in [0.1, 0.15) is 26.4 Å². The van der Waals surface area contributed by atoms with Crippen LogP contribution in [0.4, 0.5) is 0 Å². The number of carbonyl (C=O) groups excluding carboxylic acids is 1. The van der Waals surface area contributed by atoms with E-state index in [1.807, 2.05) is 79.0 Å². The number of H-pyrrole nitrogens is 1. The molecule has 28 heavy (non-hydrogen) atoms. The van der Waals surface area contributed by atoms with Crippen LogP contribution in [0.25, 0.3) is 10.9 Å². The number of aryl methyl sites for hydroxylation is 1. The topological polar surface area (TPSA) is 53.2 Å². The lowest BCUT2D eigenvalue weighted by Crippen LogP contribution is -2.32. The van der Waals surface area contributed by atoms with Crippen LogP contribution in [0.15, 0.2) is 76.9 Å². The highest BCUT2D eigenvalue weighted by Crippen LogP contribution is 2.19. The molecule has 0 radical (unpaired) electrons. The first-order valence-corrected chi connectivity index (χ1v) is 9.98. The molecule has 0 unspecified atom stereocenters. The van der Waals surface area contributed by atoms with Crippen LogP contribution in [0.5, 0.6) is 0 Å². The first-order chi connectivity index (χ1) is 13.6. The molecule has 4 rings (SSSR count). The lowest BCUT2D eigenvalue weighted by molar-refractivity contribution is 0.0734. The fourth-order valence-electron chi connectivity index (χ4n) is 3.31. The van der Waals surface area contributed by atoms with Crippen LogP contribution in [0.2, 0.25) is 0 Å². The second-order valence-corrected chi connectivity index (χ2v) is 7.73. The molecule has 0 fully saturated rings. The van der Waals surface area contributed by atoms with E-state index in [0.29, 0.717) is 17.0 Å². The number of para-hydroxylation sites is 1. The molecule has 0 atom stereocenters. The van der Waals surface area contributed by atoms with E-state index < -0.39 is 0 Å². The Morgan fingerprint density at radius 3 is 2.57 bits per heavy atom. The van der Waals surface area contributed by atoms with Gasteiger partial charge in [-0.05, 0) is 40.9 Å². The van der Waals surface area contributed by atoms with Gasteiger partial charge in [-0.25, -0.2) is 0 Å². The minimum absolute atomic E-state index is 0.0670. The maximum atomic E-state index is 13.1. The van der Waals surface area contributed by atoms with Crippen molar-refractivity contribution < 1.29 is 4.79 Å². The zero-order valence-electron chi connectivity index (χ0n) is 15.5. The summed E-state index contributed by atoms with van der Waals surface area (Å²) in [5.74, 6) is -0.0670. The number of hydrogen-bond donors (Lipinski definition) is 1. The maximum absolute atomic E-state index is 13.1. The number of thiophene rings is 1. The van der Waals surface area contributed by atoms with Crippen molar-refractivity contribution in [3.05, 3.63) is 104 Å². The van der Waals surface area contributed by atoms with E-state index in [9.17, 15) is 9.59 Å². The van der Waals surface area contributed by atoms with Crippen molar-refractivity contribution >= 4 is 28.1 Å². The Hall–Kier alpha value is -3.18. The molecule has 4 nitrogen and oxygen atoms in total. The number of nitrogens with zero attached hydrogens (tertiary/aromatic N) is 1. The number of aromatic nitrogens is 1. The summed E-state index contributed by atoms with van der Waals surface area (Å²) in [6, 6.07) is 21.3. The average Bonchev–Trinajstić information content (AvgIpc) is 3.24. The predicted molar refractivity (Wildman–Crippen MR) is 114 cm³/mol. The summed E-state index contributed by atoms with van der Waals surface area (Å²) in [6.45, 7) is 2.67. The van der Waals surface area contributed by atoms with Gasteiger partial charge >= 0.3 is 0 Å². The van der Waals surface area contributed by atoms with Crippen LogP contribution in [0.3, 0.4) is 0 Å². The number of hydrogen-bond acceptors (Lipinski definition) is 3. The molecule has 0 saturated carbocycles. The van der Waals surface area contributed by atoms with Crippen molar-refractivity contribution in [2.75, 3.05) is 0 Å². The molecule has 1 N–H and O–H groups in total. The number of nitrogens with one attached hydrogen (secondary N) is 1. The third kappa shape index (κ3) is 3.75.